The zero-order valence-corrected chi connectivity index (χ0v) is 13.3. The Labute approximate surface area is 130 Å². The first-order chi connectivity index (χ1) is 10.4. The number of nitrogens with zero attached hydrogens (tertiary/aromatic N) is 2. The van der Waals surface area contributed by atoms with Crippen molar-refractivity contribution in [1.82, 2.24) is 4.57 Å². The monoisotopic (exact) mass is 296 g/mol. The second-order valence-electron chi connectivity index (χ2n) is 5.59. The van der Waals surface area contributed by atoms with Gasteiger partial charge in [-0.05, 0) is 30.4 Å². The molecule has 0 fully saturated rings. The molecule has 4 heteroatoms. The maximum Gasteiger partial charge on any atom is 0.353 e. The molecule has 1 aromatic heterocycles. The third kappa shape index (κ3) is 2.50. The van der Waals surface area contributed by atoms with Crippen molar-refractivity contribution in [2.45, 2.75) is 33.1 Å². The van der Waals surface area contributed by atoms with Gasteiger partial charge in [-0.1, -0.05) is 38.1 Å². The standard InChI is InChI=1S/C18H20N2O2/c1-5-11(2)13-6-8-14(9-7-13)16-15(10-19)12(3)20(4)17(16)18(21)22/h6-9,11H,5H2,1-4H3,(H,21,22). The van der Waals surface area contributed by atoms with Crippen LogP contribution >= 0.6 is 0 Å². The minimum atomic E-state index is -1.02. The van der Waals surface area contributed by atoms with Gasteiger partial charge in [-0.3, -0.25) is 0 Å². The molecule has 4 nitrogen and oxygen atoms in total. The molecule has 1 unspecified atom stereocenters. The number of benzene rings is 1. The van der Waals surface area contributed by atoms with Crippen LogP contribution in [0.2, 0.25) is 0 Å². The summed E-state index contributed by atoms with van der Waals surface area (Å²) in [6, 6.07) is 9.98. The SMILES string of the molecule is CCC(C)c1ccc(-c2c(C#N)c(C)n(C)c2C(=O)O)cc1. The molecular weight excluding hydrogens is 276 g/mol. The lowest BCUT2D eigenvalue weighted by Crippen LogP contribution is -2.06. The Hall–Kier alpha value is -2.54. The van der Waals surface area contributed by atoms with Crippen LogP contribution in [-0.2, 0) is 7.05 Å². The highest BCUT2D eigenvalue weighted by Crippen LogP contribution is 2.33. The molecule has 1 N–H and O–H groups in total. The first-order valence-electron chi connectivity index (χ1n) is 7.35. The summed E-state index contributed by atoms with van der Waals surface area (Å²) in [5.41, 5.74) is 3.74. The number of aromatic nitrogens is 1. The first-order valence-corrected chi connectivity index (χ1v) is 7.35. The smallest absolute Gasteiger partial charge is 0.353 e. The summed E-state index contributed by atoms with van der Waals surface area (Å²) in [4.78, 5) is 11.6. The minimum absolute atomic E-state index is 0.158. The van der Waals surface area contributed by atoms with E-state index in [1.165, 1.54) is 5.56 Å². The van der Waals surface area contributed by atoms with Crippen molar-refractivity contribution in [3.8, 4) is 17.2 Å². The fourth-order valence-corrected chi connectivity index (χ4v) is 2.68. The Bertz CT molecular complexity index is 749. The molecule has 0 saturated heterocycles. The van der Waals surface area contributed by atoms with E-state index >= 15 is 0 Å². The number of aromatic carboxylic acids is 1. The summed E-state index contributed by atoms with van der Waals surface area (Å²) < 4.78 is 1.57. The number of hydrogen-bond donors (Lipinski definition) is 1. The largest absolute Gasteiger partial charge is 0.477 e. The molecule has 1 atom stereocenters. The van der Waals surface area contributed by atoms with Gasteiger partial charge < -0.3 is 9.67 Å². The third-order valence-electron chi connectivity index (χ3n) is 4.38. The van der Waals surface area contributed by atoms with Crippen molar-refractivity contribution in [3.63, 3.8) is 0 Å². The van der Waals surface area contributed by atoms with E-state index in [0.29, 0.717) is 22.7 Å². The molecule has 22 heavy (non-hydrogen) atoms. The van der Waals surface area contributed by atoms with Gasteiger partial charge in [0.15, 0.2) is 0 Å². The van der Waals surface area contributed by atoms with E-state index in [1.807, 2.05) is 24.3 Å². The molecule has 0 aliphatic rings. The zero-order valence-electron chi connectivity index (χ0n) is 13.3. The number of hydrogen-bond acceptors (Lipinski definition) is 2. The van der Waals surface area contributed by atoms with E-state index in [9.17, 15) is 15.2 Å². The molecule has 0 aliphatic heterocycles. The van der Waals surface area contributed by atoms with Gasteiger partial charge in [-0.25, -0.2) is 4.79 Å². The number of nitriles is 1. The summed E-state index contributed by atoms with van der Waals surface area (Å²) in [5, 5.41) is 18.9. The quantitative estimate of drug-likeness (QED) is 0.924. The van der Waals surface area contributed by atoms with Gasteiger partial charge in [0.25, 0.3) is 0 Å². The predicted octanol–water partition coefficient (Wildman–Crippen LogP) is 4.08. The Morgan fingerprint density at radius 2 is 1.95 bits per heavy atom. The summed E-state index contributed by atoms with van der Waals surface area (Å²) in [6.07, 6.45) is 1.05. The molecule has 0 saturated carbocycles. The highest BCUT2D eigenvalue weighted by molar-refractivity contribution is 5.97. The Morgan fingerprint density at radius 3 is 2.41 bits per heavy atom. The fourth-order valence-electron chi connectivity index (χ4n) is 2.68. The van der Waals surface area contributed by atoms with E-state index < -0.39 is 5.97 Å². The van der Waals surface area contributed by atoms with Crippen molar-refractivity contribution in [1.29, 1.82) is 5.26 Å². The van der Waals surface area contributed by atoms with E-state index in [2.05, 4.69) is 19.9 Å². The van der Waals surface area contributed by atoms with Gasteiger partial charge in [0.05, 0.1) is 5.56 Å². The summed E-state index contributed by atoms with van der Waals surface area (Å²) in [5.74, 6) is -0.561. The molecular formula is C18H20N2O2. The second-order valence-corrected chi connectivity index (χ2v) is 5.59. The highest BCUT2D eigenvalue weighted by Gasteiger charge is 2.24. The second kappa shape index (κ2) is 6.07. The molecule has 0 amide bonds. The van der Waals surface area contributed by atoms with Crippen LogP contribution in [0.4, 0.5) is 0 Å². The predicted molar refractivity (Wildman–Crippen MR) is 86.0 cm³/mol. The van der Waals surface area contributed by atoms with Crippen LogP contribution in [0.5, 0.6) is 0 Å². The summed E-state index contributed by atoms with van der Waals surface area (Å²) in [7, 11) is 1.68. The third-order valence-corrected chi connectivity index (χ3v) is 4.38. The van der Waals surface area contributed by atoms with E-state index in [4.69, 9.17) is 0 Å². The molecule has 1 aromatic carbocycles. The van der Waals surface area contributed by atoms with Crippen LogP contribution in [0, 0.1) is 18.3 Å². The Balaban J connectivity index is 2.64. The number of rotatable bonds is 4. The topological polar surface area (TPSA) is 66.0 Å². The fraction of sp³-hybridized carbons (Fsp3) is 0.333. The highest BCUT2D eigenvalue weighted by atomic mass is 16.4. The molecule has 0 aliphatic carbocycles. The molecule has 0 bridgehead atoms. The van der Waals surface area contributed by atoms with Crippen LogP contribution in [0.25, 0.3) is 11.1 Å². The van der Waals surface area contributed by atoms with Gasteiger partial charge in [0.1, 0.15) is 11.8 Å². The normalized spacial score (nSPS) is 12.0. The van der Waals surface area contributed by atoms with E-state index in [0.717, 1.165) is 12.0 Å². The van der Waals surface area contributed by atoms with Gasteiger partial charge >= 0.3 is 5.97 Å². The van der Waals surface area contributed by atoms with Crippen LogP contribution < -0.4 is 0 Å². The van der Waals surface area contributed by atoms with Gasteiger partial charge in [0.2, 0.25) is 0 Å². The van der Waals surface area contributed by atoms with Crippen molar-refractivity contribution in [2.75, 3.05) is 0 Å². The maximum atomic E-state index is 11.6. The lowest BCUT2D eigenvalue weighted by atomic mass is 9.94. The van der Waals surface area contributed by atoms with Crippen LogP contribution in [-0.4, -0.2) is 15.6 Å². The number of carboxylic acids is 1. The number of carboxylic acid groups (broad SMARTS) is 1. The summed E-state index contributed by atoms with van der Waals surface area (Å²) in [6.45, 7) is 6.06. The van der Waals surface area contributed by atoms with Crippen LogP contribution in [0.3, 0.4) is 0 Å². The Morgan fingerprint density at radius 1 is 1.36 bits per heavy atom. The van der Waals surface area contributed by atoms with Crippen molar-refractivity contribution >= 4 is 5.97 Å². The average Bonchev–Trinajstić information content (AvgIpc) is 2.78. The first kappa shape index (κ1) is 15.8. The lowest BCUT2D eigenvalue weighted by Gasteiger charge is -2.10. The molecule has 0 radical (unpaired) electrons. The van der Waals surface area contributed by atoms with Crippen molar-refractivity contribution in [2.24, 2.45) is 7.05 Å². The molecule has 2 aromatic rings. The molecule has 2 rings (SSSR count). The molecule has 1 heterocycles. The van der Waals surface area contributed by atoms with Gasteiger partial charge in [-0.2, -0.15) is 5.26 Å². The maximum absolute atomic E-state index is 11.6. The van der Waals surface area contributed by atoms with Crippen LogP contribution in [0.15, 0.2) is 24.3 Å². The van der Waals surface area contributed by atoms with E-state index in [1.54, 1.807) is 18.5 Å². The van der Waals surface area contributed by atoms with E-state index in [-0.39, 0.29) is 5.69 Å². The zero-order chi connectivity index (χ0) is 16.4. The van der Waals surface area contributed by atoms with Crippen LogP contribution in [0.1, 0.15) is 53.5 Å². The number of carbonyl (C=O) groups is 1. The minimum Gasteiger partial charge on any atom is -0.477 e. The average molecular weight is 296 g/mol. The van der Waals surface area contributed by atoms with Crippen molar-refractivity contribution in [3.05, 3.63) is 46.8 Å². The van der Waals surface area contributed by atoms with Gasteiger partial charge in [-0.15, -0.1) is 0 Å². The van der Waals surface area contributed by atoms with Gasteiger partial charge in [0, 0.05) is 18.3 Å². The summed E-state index contributed by atoms with van der Waals surface area (Å²) >= 11 is 0. The Kier molecular flexibility index (Phi) is 4.37. The molecule has 114 valence electrons. The lowest BCUT2D eigenvalue weighted by molar-refractivity contribution is 0.0687. The molecule has 0 spiro atoms. The van der Waals surface area contributed by atoms with Crippen molar-refractivity contribution < 1.29 is 9.90 Å².